The van der Waals surface area contributed by atoms with Gasteiger partial charge in [-0.25, -0.2) is 0 Å². The van der Waals surface area contributed by atoms with Gasteiger partial charge in [0.15, 0.2) is 0 Å². The molecule has 1 amide bonds. The zero-order valence-electron chi connectivity index (χ0n) is 12.5. The second-order valence-electron chi connectivity index (χ2n) is 4.70. The lowest BCUT2D eigenvalue weighted by Crippen LogP contribution is -2.14. The van der Waals surface area contributed by atoms with Crippen LogP contribution in [-0.2, 0) is 4.79 Å². The van der Waals surface area contributed by atoms with Crippen molar-refractivity contribution in [1.29, 1.82) is 5.26 Å². The maximum Gasteiger partial charge on any atom is 0.269 e. The quantitative estimate of drug-likeness (QED) is 0.348. The van der Waals surface area contributed by atoms with E-state index in [0.717, 1.165) is 0 Å². The summed E-state index contributed by atoms with van der Waals surface area (Å²) in [5.74, 6) is -0.672. The number of hydrogen-bond donors (Lipinski definition) is 2. The van der Waals surface area contributed by atoms with Crippen LogP contribution < -0.4 is 10.6 Å². The van der Waals surface area contributed by atoms with Crippen LogP contribution in [0.1, 0.15) is 0 Å². The Morgan fingerprint density at radius 1 is 1.20 bits per heavy atom. The molecular formula is C16H10Cl2N4O3. The highest BCUT2D eigenvalue weighted by Crippen LogP contribution is 2.25. The summed E-state index contributed by atoms with van der Waals surface area (Å²) < 4.78 is 0. The molecule has 2 rings (SSSR count). The van der Waals surface area contributed by atoms with Gasteiger partial charge in [0.05, 0.1) is 15.6 Å². The van der Waals surface area contributed by atoms with Gasteiger partial charge in [0, 0.05) is 29.0 Å². The number of nitriles is 1. The first-order chi connectivity index (χ1) is 11.9. The number of benzene rings is 2. The van der Waals surface area contributed by atoms with Crippen molar-refractivity contribution in [3.8, 4) is 6.07 Å². The van der Waals surface area contributed by atoms with Crippen LogP contribution in [0.2, 0.25) is 10.0 Å². The molecule has 2 aromatic carbocycles. The summed E-state index contributed by atoms with van der Waals surface area (Å²) in [6, 6.07) is 11.7. The molecule has 0 spiro atoms. The highest BCUT2D eigenvalue weighted by Gasteiger charge is 2.11. The predicted molar refractivity (Wildman–Crippen MR) is 95.5 cm³/mol. The summed E-state index contributed by atoms with van der Waals surface area (Å²) in [4.78, 5) is 22.1. The van der Waals surface area contributed by atoms with Gasteiger partial charge >= 0.3 is 0 Å². The van der Waals surface area contributed by atoms with Crippen LogP contribution in [0.5, 0.6) is 0 Å². The second-order valence-corrected chi connectivity index (χ2v) is 5.54. The number of halogens is 2. The van der Waals surface area contributed by atoms with Crippen molar-refractivity contribution in [3.05, 3.63) is 74.4 Å². The second kappa shape index (κ2) is 8.15. The lowest BCUT2D eigenvalue weighted by atomic mass is 10.2. The van der Waals surface area contributed by atoms with E-state index in [1.807, 2.05) is 0 Å². The molecule has 2 N–H and O–H groups in total. The Labute approximate surface area is 152 Å². The van der Waals surface area contributed by atoms with Crippen molar-refractivity contribution in [2.75, 3.05) is 10.6 Å². The molecule has 0 heterocycles. The molecule has 0 radical (unpaired) electrons. The number of hydrogen-bond acceptors (Lipinski definition) is 5. The Balaban J connectivity index is 2.09. The van der Waals surface area contributed by atoms with Crippen LogP contribution in [0.15, 0.2) is 54.2 Å². The molecule has 9 heteroatoms. The van der Waals surface area contributed by atoms with Crippen molar-refractivity contribution >= 4 is 46.2 Å². The Morgan fingerprint density at radius 3 is 2.44 bits per heavy atom. The smallest absolute Gasteiger partial charge is 0.269 e. The summed E-state index contributed by atoms with van der Waals surface area (Å²) in [6.07, 6.45) is 1.20. The first-order valence-corrected chi connectivity index (χ1v) is 7.54. The number of nitro groups is 1. The molecule has 0 bridgehead atoms. The first kappa shape index (κ1) is 18.3. The van der Waals surface area contributed by atoms with E-state index in [0.29, 0.717) is 21.4 Å². The van der Waals surface area contributed by atoms with Gasteiger partial charge < -0.3 is 10.6 Å². The van der Waals surface area contributed by atoms with Gasteiger partial charge in [-0.2, -0.15) is 5.26 Å². The van der Waals surface area contributed by atoms with Crippen LogP contribution in [-0.4, -0.2) is 10.8 Å². The monoisotopic (exact) mass is 376 g/mol. The summed E-state index contributed by atoms with van der Waals surface area (Å²) in [5.41, 5.74) is 0.487. The van der Waals surface area contributed by atoms with E-state index >= 15 is 0 Å². The largest absolute Gasteiger partial charge is 0.359 e. The van der Waals surface area contributed by atoms with E-state index < -0.39 is 10.8 Å². The molecule has 2 aromatic rings. The Kier molecular flexibility index (Phi) is 5.95. The highest BCUT2D eigenvalue weighted by atomic mass is 35.5. The number of nitrogens with one attached hydrogen (secondary N) is 2. The van der Waals surface area contributed by atoms with Crippen molar-refractivity contribution in [1.82, 2.24) is 0 Å². The minimum Gasteiger partial charge on any atom is -0.359 e. The Hall–Kier alpha value is -3.08. The van der Waals surface area contributed by atoms with Crippen LogP contribution in [0, 0.1) is 21.4 Å². The minimum absolute atomic E-state index is 0.104. The number of nitro benzene ring substituents is 1. The van der Waals surface area contributed by atoms with E-state index in [2.05, 4.69) is 10.6 Å². The number of anilines is 2. The van der Waals surface area contributed by atoms with E-state index in [1.165, 1.54) is 36.5 Å². The molecule has 0 fully saturated rings. The summed E-state index contributed by atoms with van der Waals surface area (Å²) in [6.45, 7) is 0. The lowest BCUT2D eigenvalue weighted by Gasteiger charge is -2.06. The fraction of sp³-hybridized carbons (Fsp3) is 0. The Morgan fingerprint density at radius 2 is 1.88 bits per heavy atom. The van der Waals surface area contributed by atoms with Gasteiger partial charge in [-0.1, -0.05) is 23.2 Å². The normalized spacial score (nSPS) is 10.7. The van der Waals surface area contributed by atoms with Crippen LogP contribution in [0.4, 0.5) is 17.1 Å². The molecule has 7 nitrogen and oxygen atoms in total. The third kappa shape index (κ3) is 4.94. The summed E-state index contributed by atoms with van der Waals surface area (Å²) >= 11 is 11.8. The van der Waals surface area contributed by atoms with Crippen LogP contribution in [0.25, 0.3) is 0 Å². The summed E-state index contributed by atoms with van der Waals surface area (Å²) in [7, 11) is 0. The van der Waals surface area contributed by atoms with Crippen molar-refractivity contribution in [2.45, 2.75) is 0 Å². The molecule has 0 aliphatic rings. The number of rotatable bonds is 5. The zero-order valence-corrected chi connectivity index (χ0v) is 14.0. The zero-order chi connectivity index (χ0) is 18.4. The van der Waals surface area contributed by atoms with Gasteiger partial charge in [-0.3, -0.25) is 14.9 Å². The van der Waals surface area contributed by atoms with E-state index in [1.54, 1.807) is 18.2 Å². The number of carbonyl (C=O) groups excluding carboxylic acids is 1. The van der Waals surface area contributed by atoms with Gasteiger partial charge in [0.2, 0.25) is 0 Å². The standard InChI is InChI=1S/C16H10Cl2N4O3/c17-11-1-6-15(14(18)7-11)20-9-10(8-19)16(23)21-12-2-4-13(5-3-12)22(24)25/h1-7,9,20H,(H,21,23)/b10-9-. The molecule has 126 valence electrons. The Bertz CT molecular complexity index is 889. The maximum atomic E-state index is 12.1. The molecule has 0 aliphatic carbocycles. The summed E-state index contributed by atoms with van der Waals surface area (Å²) in [5, 5.41) is 25.7. The van der Waals surface area contributed by atoms with Gasteiger partial charge in [0.1, 0.15) is 11.6 Å². The molecule has 0 atom stereocenters. The van der Waals surface area contributed by atoms with Crippen LogP contribution >= 0.6 is 23.2 Å². The average molecular weight is 377 g/mol. The molecular weight excluding hydrogens is 367 g/mol. The molecule has 0 saturated carbocycles. The highest BCUT2D eigenvalue weighted by molar-refractivity contribution is 6.36. The third-order valence-electron chi connectivity index (χ3n) is 3.00. The third-order valence-corrected chi connectivity index (χ3v) is 3.55. The van der Waals surface area contributed by atoms with Gasteiger partial charge in [-0.05, 0) is 30.3 Å². The minimum atomic E-state index is -0.672. The van der Waals surface area contributed by atoms with E-state index in [-0.39, 0.29) is 11.3 Å². The lowest BCUT2D eigenvalue weighted by molar-refractivity contribution is -0.384. The molecule has 0 saturated heterocycles. The van der Waals surface area contributed by atoms with E-state index in [9.17, 15) is 14.9 Å². The number of carbonyl (C=O) groups is 1. The number of amides is 1. The average Bonchev–Trinajstić information content (AvgIpc) is 2.57. The molecule has 0 aliphatic heterocycles. The molecule has 25 heavy (non-hydrogen) atoms. The number of non-ortho nitro benzene ring substituents is 1. The van der Waals surface area contributed by atoms with Crippen molar-refractivity contribution in [2.24, 2.45) is 0 Å². The van der Waals surface area contributed by atoms with Crippen molar-refractivity contribution in [3.63, 3.8) is 0 Å². The van der Waals surface area contributed by atoms with Crippen LogP contribution in [0.3, 0.4) is 0 Å². The fourth-order valence-corrected chi connectivity index (χ4v) is 2.23. The maximum absolute atomic E-state index is 12.1. The topological polar surface area (TPSA) is 108 Å². The van der Waals surface area contributed by atoms with E-state index in [4.69, 9.17) is 28.5 Å². The SMILES string of the molecule is N#C/C(=C/Nc1ccc(Cl)cc1Cl)C(=O)Nc1ccc([N+](=O)[O-])cc1. The number of nitrogens with zero attached hydrogens (tertiary/aromatic N) is 2. The first-order valence-electron chi connectivity index (χ1n) is 6.78. The molecule has 0 unspecified atom stereocenters. The molecule has 0 aromatic heterocycles. The fourth-order valence-electron chi connectivity index (χ4n) is 1.77. The predicted octanol–water partition coefficient (Wildman–Crippen LogP) is 4.36. The van der Waals surface area contributed by atoms with Gasteiger partial charge in [0.25, 0.3) is 11.6 Å². The van der Waals surface area contributed by atoms with Gasteiger partial charge in [-0.15, -0.1) is 0 Å². The van der Waals surface area contributed by atoms with Crippen molar-refractivity contribution < 1.29 is 9.72 Å².